The molecule has 0 saturated heterocycles. The first-order chi connectivity index (χ1) is 5.40. The largest absolute Gasteiger partial charge is 0.383 e. The van der Waals surface area contributed by atoms with E-state index in [9.17, 15) is 14.6 Å². The second-order valence-electron chi connectivity index (χ2n) is 3.18. The molecule has 0 aliphatic heterocycles. The van der Waals surface area contributed by atoms with Crippen LogP contribution in [0.1, 0.15) is 26.7 Å². The Labute approximate surface area is 85.4 Å². The summed E-state index contributed by atoms with van der Waals surface area (Å²) >= 11 is 0. The van der Waals surface area contributed by atoms with Crippen LogP contribution in [0.3, 0.4) is 0 Å². The van der Waals surface area contributed by atoms with Gasteiger partial charge in [-0.05, 0) is 13.3 Å². The van der Waals surface area contributed by atoms with Gasteiger partial charge in [0.25, 0.3) is 0 Å². The Morgan fingerprint density at radius 2 is 2.00 bits per heavy atom. The average Bonchev–Trinajstić information content (AvgIpc) is 1.85. The summed E-state index contributed by atoms with van der Waals surface area (Å²) < 4.78 is 11.3. The molecule has 0 aromatic rings. The average molecular weight is 232 g/mol. The number of hydrogen-bond donors (Lipinski definition) is 3. The van der Waals surface area contributed by atoms with Crippen molar-refractivity contribution in [2.24, 2.45) is 5.73 Å². The van der Waals surface area contributed by atoms with Crippen LogP contribution in [0.5, 0.6) is 0 Å². The summed E-state index contributed by atoms with van der Waals surface area (Å²) in [6, 6.07) is -0.340. The third kappa shape index (κ3) is 6.47. The molecule has 0 aromatic heterocycles. The molecule has 0 radical (unpaired) electrons. The van der Waals surface area contributed by atoms with Crippen LogP contribution in [0.25, 0.3) is 0 Å². The molecule has 0 aliphatic rings. The van der Waals surface area contributed by atoms with Crippen molar-refractivity contribution < 1.29 is 14.6 Å². The summed E-state index contributed by atoms with van der Waals surface area (Å²) in [5.74, 6) is -1.10. The van der Waals surface area contributed by atoms with Crippen molar-refractivity contribution in [2.45, 2.75) is 38.6 Å². The molecule has 0 amide bonds. The number of aliphatic hydroxyl groups excluding tert-OH is 1. The number of halogens is 1. The van der Waals surface area contributed by atoms with Gasteiger partial charge >= 0.3 is 0 Å². The highest BCUT2D eigenvalue weighted by Crippen LogP contribution is 2.46. The maximum absolute atomic E-state index is 11.3. The van der Waals surface area contributed by atoms with Crippen molar-refractivity contribution >= 4 is 19.8 Å². The Morgan fingerprint density at radius 3 is 2.31 bits per heavy atom. The molecule has 13 heavy (non-hydrogen) atoms. The molecule has 3 atom stereocenters. The number of aliphatic hydroxyl groups is 1. The Hall–Kier alpha value is 0.400. The van der Waals surface area contributed by atoms with E-state index in [1.807, 2.05) is 6.92 Å². The summed E-state index contributed by atoms with van der Waals surface area (Å²) in [5, 5.41) is 9.26. The molecule has 0 rings (SSSR count). The van der Waals surface area contributed by atoms with E-state index < -0.39 is 13.2 Å². The van der Waals surface area contributed by atoms with Gasteiger partial charge in [0.1, 0.15) is 5.85 Å². The predicted octanol–water partition coefficient (Wildman–Crippen LogP) is 1.14. The lowest BCUT2D eigenvalue weighted by Gasteiger charge is -2.19. The molecular formula is C7H19ClNO3P. The third-order valence-corrected chi connectivity index (χ3v) is 3.85. The fourth-order valence-corrected chi connectivity index (χ4v) is 2.72. The minimum absolute atomic E-state index is 0. The van der Waals surface area contributed by atoms with Crippen LogP contribution in [0, 0.1) is 0 Å². The Bertz CT molecular complexity index is 177. The van der Waals surface area contributed by atoms with Gasteiger partial charge in [0, 0.05) is 12.2 Å². The molecule has 0 saturated carbocycles. The van der Waals surface area contributed by atoms with E-state index in [0.717, 1.165) is 0 Å². The fourth-order valence-electron chi connectivity index (χ4n) is 0.994. The van der Waals surface area contributed by atoms with Gasteiger partial charge < -0.3 is 15.7 Å². The zero-order chi connectivity index (χ0) is 9.78. The Balaban J connectivity index is 0. The lowest BCUT2D eigenvalue weighted by molar-refractivity contribution is 0.218. The number of nitrogens with two attached hydrogens (primary N) is 1. The van der Waals surface area contributed by atoms with E-state index in [0.29, 0.717) is 12.8 Å². The molecule has 0 fully saturated rings. The standard InChI is InChI=1S/C7H18NO3P.ClH/c1-3-4-7(9)12(10,11)5-6(2)8;/h6-7,9H,3-5,8H2,1-2H3,(H,10,11);1H. The molecule has 82 valence electrons. The predicted molar refractivity (Wildman–Crippen MR) is 56.5 cm³/mol. The van der Waals surface area contributed by atoms with Crippen LogP contribution in [0.2, 0.25) is 0 Å². The van der Waals surface area contributed by atoms with Crippen molar-refractivity contribution in [1.29, 1.82) is 0 Å². The molecule has 0 spiro atoms. The molecule has 0 aromatic carbocycles. The smallest absolute Gasteiger partial charge is 0.229 e. The Kier molecular flexibility index (Phi) is 8.29. The molecule has 0 aliphatic carbocycles. The van der Waals surface area contributed by atoms with Gasteiger partial charge in [-0.15, -0.1) is 12.4 Å². The minimum Gasteiger partial charge on any atom is -0.383 e. The van der Waals surface area contributed by atoms with E-state index in [-0.39, 0.29) is 24.6 Å². The van der Waals surface area contributed by atoms with Crippen LogP contribution in [-0.4, -0.2) is 28.0 Å². The van der Waals surface area contributed by atoms with Gasteiger partial charge in [0.05, 0.1) is 0 Å². The van der Waals surface area contributed by atoms with Crippen molar-refractivity contribution in [3.05, 3.63) is 0 Å². The first kappa shape index (κ1) is 15.9. The maximum Gasteiger partial charge on any atom is 0.229 e. The van der Waals surface area contributed by atoms with Crippen LogP contribution in [-0.2, 0) is 4.57 Å². The monoisotopic (exact) mass is 231 g/mol. The van der Waals surface area contributed by atoms with Gasteiger partial charge in [-0.3, -0.25) is 4.57 Å². The normalized spacial score (nSPS) is 19.8. The van der Waals surface area contributed by atoms with E-state index in [1.54, 1.807) is 6.92 Å². The summed E-state index contributed by atoms with van der Waals surface area (Å²) in [6.07, 6.45) is 1.05. The van der Waals surface area contributed by atoms with Crippen LogP contribution in [0.15, 0.2) is 0 Å². The Morgan fingerprint density at radius 1 is 1.54 bits per heavy atom. The van der Waals surface area contributed by atoms with Gasteiger partial charge in [-0.25, -0.2) is 0 Å². The van der Waals surface area contributed by atoms with Gasteiger partial charge in [0.15, 0.2) is 0 Å². The highest BCUT2D eigenvalue weighted by Gasteiger charge is 2.28. The zero-order valence-corrected chi connectivity index (χ0v) is 9.72. The van der Waals surface area contributed by atoms with E-state index >= 15 is 0 Å². The molecule has 6 heteroatoms. The molecular weight excluding hydrogens is 213 g/mol. The third-order valence-electron chi connectivity index (χ3n) is 1.56. The number of hydrogen-bond acceptors (Lipinski definition) is 3. The van der Waals surface area contributed by atoms with Crippen molar-refractivity contribution in [3.8, 4) is 0 Å². The second kappa shape index (κ2) is 6.80. The van der Waals surface area contributed by atoms with Gasteiger partial charge in [-0.2, -0.15) is 0 Å². The zero-order valence-electron chi connectivity index (χ0n) is 8.01. The molecule has 4 N–H and O–H groups in total. The first-order valence-electron chi connectivity index (χ1n) is 4.15. The van der Waals surface area contributed by atoms with Crippen molar-refractivity contribution in [1.82, 2.24) is 0 Å². The molecule has 3 unspecified atom stereocenters. The topological polar surface area (TPSA) is 83.5 Å². The molecule has 0 bridgehead atoms. The summed E-state index contributed by atoms with van der Waals surface area (Å²) in [6.45, 7) is 3.51. The maximum atomic E-state index is 11.3. The molecule has 0 heterocycles. The lowest BCUT2D eigenvalue weighted by Crippen LogP contribution is -2.23. The minimum atomic E-state index is -3.43. The fraction of sp³-hybridized carbons (Fsp3) is 1.00. The van der Waals surface area contributed by atoms with Crippen molar-refractivity contribution in [3.63, 3.8) is 0 Å². The van der Waals surface area contributed by atoms with Crippen molar-refractivity contribution in [2.75, 3.05) is 6.16 Å². The van der Waals surface area contributed by atoms with Crippen LogP contribution in [0.4, 0.5) is 0 Å². The van der Waals surface area contributed by atoms with Crippen LogP contribution >= 0.6 is 19.8 Å². The van der Waals surface area contributed by atoms with Crippen LogP contribution < -0.4 is 5.73 Å². The van der Waals surface area contributed by atoms with E-state index in [4.69, 9.17) is 5.73 Å². The van der Waals surface area contributed by atoms with Gasteiger partial charge in [0.2, 0.25) is 7.37 Å². The first-order valence-corrected chi connectivity index (χ1v) is 6.06. The second-order valence-corrected chi connectivity index (χ2v) is 5.66. The summed E-state index contributed by atoms with van der Waals surface area (Å²) in [7, 11) is -3.43. The van der Waals surface area contributed by atoms with E-state index in [2.05, 4.69) is 0 Å². The number of rotatable bonds is 5. The SMILES string of the molecule is CCCC(O)P(=O)(O)CC(C)N.Cl. The van der Waals surface area contributed by atoms with E-state index in [1.165, 1.54) is 0 Å². The lowest BCUT2D eigenvalue weighted by atomic mass is 10.4. The van der Waals surface area contributed by atoms with Gasteiger partial charge in [-0.1, -0.05) is 13.3 Å². The summed E-state index contributed by atoms with van der Waals surface area (Å²) in [5.41, 5.74) is 5.37. The highest BCUT2D eigenvalue weighted by atomic mass is 35.5. The highest BCUT2D eigenvalue weighted by molar-refractivity contribution is 7.58. The molecule has 4 nitrogen and oxygen atoms in total. The quantitative estimate of drug-likeness (QED) is 0.620. The summed E-state index contributed by atoms with van der Waals surface area (Å²) in [4.78, 5) is 9.31.